The second-order valence-electron chi connectivity index (χ2n) is 5.61. The van der Waals surface area contributed by atoms with Gasteiger partial charge in [-0.15, -0.1) is 0 Å². The summed E-state index contributed by atoms with van der Waals surface area (Å²) in [6.07, 6.45) is 0. The van der Waals surface area contributed by atoms with E-state index in [9.17, 15) is 0 Å². The zero-order valence-electron chi connectivity index (χ0n) is 12.4. The Labute approximate surface area is 120 Å². The number of hydrogen-bond acceptors (Lipinski definition) is 4. The molecule has 1 aromatic heterocycles. The van der Waals surface area contributed by atoms with Gasteiger partial charge in [-0.2, -0.15) is 0 Å². The van der Waals surface area contributed by atoms with Gasteiger partial charge in [-0.05, 0) is 20.2 Å². The Morgan fingerprint density at radius 3 is 2.65 bits per heavy atom. The molecule has 1 aromatic carbocycles. The quantitative estimate of drug-likeness (QED) is 0.922. The summed E-state index contributed by atoms with van der Waals surface area (Å²) >= 11 is 0. The highest BCUT2D eigenvalue weighted by atomic mass is 16.3. The van der Waals surface area contributed by atoms with Crippen molar-refractivity contribution >= 4 is 11.0 Å². The van der Waals surface area contributed by atoms with Crippen LogP contribution >= 0.6 is 0 Å². The number of hydrogen-bond donors (Lipinski definition) is 1. The van der Waals surface area contributed by atoms with Gasteiger partial charge in [0.2, 0.25) is 0 Å². The van der Waals surface area contributed by atoms with Crippen LogP contribution < -0.4 is 5.32 Å². The lowest BCUT2D eigenvalue weighted by Gasteiger charge is -2.32. The number of likely N-dealkylation sites (N-methyl/N-ethyl adjacent to an activating group) is 1. The molecule has 0 amide bonds. The Kier molecular flexibility index (Phi) is 4.05. The summed E-state index contributed by atoms with van der Waals surface area (Å²) in [6, 6.07) is 8.36. The lowest BCUT2D eigenvalue weighted by molar-refractivity contribution is 0.148. The lowest BCUT2D eigenvalue weighted by atomic mass is 10.1. The molecule has 4 heteroatoms. The first-order valence-corrected chi connectivity index (χ1v) is 7.32. The van der Waals surface area contributed by atoms with Gasteiger partial charge >= 0.3 is 0 Å². The van der Waals surface area contributed by atoms with Crippen molar-refractivity contribution in [2.45, 2.75) is 13.1 Å². The number of para-hydroxylation sites is 1. The third kappa shape index (κ3) is 2.73. The van der Waals surface area contributed by atoms with Crippen LogP contribution in [0.15, 0.2) is 28.7 Å². The highest BCUT2D eigenvalue weighted by Crippen LogP contribution is 2.27. The van der Waals surface area contributed by atoms with Crippen LogP contribution in [-0.2, 0) is 13.1 Å². The van der Waals surface area contributed by atoms with Crippen LogP contribution in [0, 0.1) is 0 Å². The molecular weight excluding hydrogens is 250 g/mol. The molecule has 0 saturated carbocycles. The molecule has 0 radical (unpaired) electrons. The van der Waals surface area contributed by atoms with E-state index >= 15 is 0 Å². The highest BCUT2D eigenvalue weighted by molar-refractivity contribution is 5.82. The molecule has 1 fully saturated rings. The van der Waals surface area contributed by atoms with Crippen molar-refractivity contribution in [2.75, 3.05) is 40.3 Å². The van der Waals surface area contributed by atoms with Gasteiger partial charge in [0.15, 0.2) is 0 Å². The van der Waals surface area contributed by atoms with E-state index in [4.69, 9.17) is 4.42 Å². The molecule has 1 aliphatic rings. The summed E-state index contributed by atoms with van der Waals surface area (Å²) in [5, 5.41) is 4.47. The first-order chi connectivity index (χ1) is 9.78. The summed E-state index contributed by atoms with van der Waals surface area (Å²) in [7, 11) is 4.16. The minimum Gasteiger partial charge on any atom is -0.459 e. The lowest BCUT2D eigenvalue weighted by Crippen LogP contribution is -2.44. The molecule has 0 bridgehead atoms. The Morgan fingerprint density at radius 2 is 1.90 bits per heavy atom. The normalized spacial score (nSPS) is 17.9. The molecule has 20 heavy (non-hydrogen) atoms. The molecule has 3 rings (SSSR count). The van der Waals surface area contributed by atoms with Crippen molar-refractivity contribution in [1.82, 2.24) is 15.1 Å². The topological polar surface area (TPSA) is 31.7 Å². The van der Waals surface area contributed by atoms with Crippen LogP contribution in [0.25, 0.3) is 11.0 Å². The van der Waals surface area contributed by atoms with E-state index in [0.717, 1.165) is 50.6 Å². The standard InChI is InChI=1S/C16H23N3O/c1-17-11-16-14(12-19-9-7-18(2)8-10-19)13-5-3-4-6-15(13)20-16/h3-6,17H,7-12H2,1-2H3. The van der Waals surface area contributed by atoms with Crippen LogP contribution in [0.5, 0.6) is 0 Å². The van der Waals surface area contributed by atoms with Crippen LogP contribution in [-0.4, -0.2) is 50.1 Å². The molecule has 108 valence electrons. The maximum atomic E-state index is 6.00. The number of benzene rings is 1. The van der Waals surface area contributed by atoms with Crippen molar-refractivity contribution in [3.63, 3.8) is 0 Å². The fourth-order valence-electron chi connectivity index (χ4n) is 2.86. The first kappa shape index (κ1) is 13.6. The predicted molar refractivity (Wildman–Crippen MR) is 81.8 cm³/mol. The maximum Gasteiger partial charge on any atom is 0.134 e. The summed E-state index contributed by atoms with van der Waals surface area (Å²) in [6.45, 7) is 6.35. The SMILES string of the molecule is CNCc1oc2ccccc2c1CN1CCN(C)CC1. The van der Waals surface area contributed by atoms with E-state index in [-0.39, 0.29) is 0 Å². The molecule has 2 heterocycles. The molecule has 0 unspecified atom stereocenters. The molecule has 1 N–H and O–H groups in total. The van der Waals surface area contributed by atoms with Gasteiger partial charge in [0.05, 0.1) is 6.54 Å². The predicted octanol–water partition coefficient (Wildman–Crippen LogP) is 1.90. The van der Waals surface area contributed by atoms with E-state index in [0.29, 0.717) is 0 Å². The Bertz CT molecular complexity index is 570. The van der Waals surface area contributed by atoms with Gasteiger partial charge in [-0.3, -0.25) is 4.90 Å². The Morgan fingerprint density at radius 1 is 1.15 bits per heavy atom. The minimum atomic E-state index is 0.789. The van der Waals surface area contributed by atoms with Crippen molar-refractivity contribution in [2.24, 2.45) is 0 Å². The number of nitrogens with zero attached hydrogens (tertiary/aromatic N) is 2. The molecule has 1 saturated heterocycles. The third-order valence-electron chi connectivity index (χ3n) is 4.10. The van der Waals surface area contributed by atoms with Gasteiger partial charge in [0.25, 0.3) is 0 Å². The van der Waals surface area contributed by atoms with Crippen molar-refractivity contribution in [3.8, 4) is 0 Å². The van der Waals surface area contributed by atoms with Crippen LogP contribution in [0.4, 0.5) is 0 Å². The van der Waals surface area contributed by atoms with Crippen molar-refractivity contribution in [1.29, 1.82) is 0 Å². The molecular formula is C16H23N3O. The van der Waals surface area contributed by atoms with Gasteiger partial charge in [-0.25, -0.2) is 0 Å². The zero-order valence-corrected chi connectivity index (χ0v) is 12.4. The number of fused-ring (bicyclic) bond motifs is 1. The van der Waals surface area contributed by atoms with Crippen LogP contribution in [0.3, 0.4) is 0 Å². The van der Waals surface area contributed by atoms with Gasteiger partial charge in [-0.1, -0.05) is 18.2 Å². The smallest absolute Gasteiger partial charge is 0.134 e. The zero-order chi connectivity index (χ0) is 13.9. The second-order valence-corrected chi connectivity index (χ2v) is 5.61. The fourth-order valence-corrected chi connectivity index (χ4v) is 2.86. The molecule has 0 aliphatic carbocycles. The third-order valence-corrected chi connectivity index (χ3v) is 4.10. The molecule has 0 spiro atoms. The van der Waals surface area contributed by atoms with Gasteiger partial charge in [0, 0.05) is 43.7 Å². The molecule has 0 atom stereocenters. The van der Waals surface area contributed by atoms with Gasteiger partial charge in [0.1, 0.15) is 11.3 Å². The van der Waals surface area contributed by atoms with Gasteiger partial charge < -0.3 is 14.6 Å². The minimum absolute atomic E-state index is 0.789. The number of piperazine rings is 1. The van der Waals surface area contributed by atoms with E-state index in [1.54, 1.807) is 0 Å². The fraction of sp³-hybridized carbons (Fsp3) is 0.500. The Balaban J connectivity index is 1.86. The largest absolute Gasteiger partial charge is 0.459 e. The van der Waals surface area contributed by atoms with E-state index < -0.39 is 0 Å². The van der Waals surface area contributed by atoms with E-state index in [2.05, 4.69) is 40.4 Å². The molecule has 1 aliphatic heterocycles. The number of rotatable bonds is 4. The summed E-state index contributed by atoms with van der Waals surface area (Å²) in [5.41, 5.74) is 2.35. The molecule has 2 aromatic rings. The van der Waals surface area contributed by atoms with E-state index in [1.807, 2.05) is 13.1 Å². The first-order valence-electron chi connectivity index (χ1n) is 7.32. The van der Waals surface area contributed by atoms with Crippen molar-refractivity contribution in [3.05, 3.63) is 35.6 Å². The highest BCUT2D eigenvalue weighted by Gasteiger charge is 2.19. The number of furan rings is 1. The second kappa shape index (κ2) is 5.95. The van der Waals surface area contributed by atoms with Crippen molar-refractivity contribution < 1.29 is 4.42 Å². The monoisotopic (exact) mass is 273 g/mol. The molecule has 4 nitrogen and oxygen atoms in total. The number of nitrogens with one attached hydrogen (secondary N) is 1. The Hall–Kier alpha value is -1.36. The summed E-state index contributed by atoms with van der Waals surface area (Å²) < 4.78 is 6.00. The van der Waals surface area contributed by atoms with E-state index in [1.165, 1.54) is 10.9 Å². The van der Waals surface area contributed by atoms with Crippen LogP contribution in [0.2, 0.25) is 0 Å². The summed E-state index contributed by atoms with van der Waals surface area (Å²) in [4.78, 5) is 4.91. The van der Waals surface area contributed by atoms with Crippen LogP contribution in [0.1, 0.15) is 11.3 Å². The average Bonchev–Trinajstić information content (AvgIpc) is 2.80. The summed E-state index contributed by atoms with van der Waals surface area (Å²) in [5.74, 6) is 1.08. The maximum absolute atomic E-state index is 6.00. The average molecular weight is 273 g/mol.